The average Bonchev–Trinajstić information content (AvgIpc) is 2.41. The fourth-order valence-electron chi connectivity index (χ4n) is 1.74. The number of ether oxygens (including phenoxy) is 1. The third kappa shape index (κ3) is 3.07. The average molecular weight is 257 g/mol. The zero-order chi connectivity index (χ0) is 13.7. The summed E-state index contributed by atoms with van der Waals surface area (Å²) in [5, 5.41) is 0. The predicted octanol–water partition coefficient (Wildman–Crippen LogP) is 2.18. The molecule has 0 aliphatic rings. The third-order valence-corrected chi connectivity index (χ3v) is 2.59. The molecule has 0 aliphatic carbocycles. The summed E-state index contributed by atoms with van der Waals surface area (Å²) in [6, 6.07) is 3.60. The Labute approximate surface area is 111 Å². The summed E-state index contributed by atoms with van der Waals surface area (Å²) >= 11 is 0. The van der Waals surface area contributed by atoms with Crippen molar-refractivity contribution in [3.8, 4) is 0 Å². The van der Waals surface area contributed by atoms with Crippen molar-refractivity contribution in [2.45, 2.75) is 13.3 Å². The molecule has 0 atom stereocenters. The summed E-state index contributed by atoms with van der Waals surface area (Å²) in [6.45, 7) is 2.16. The molecule has 0 unspecified atom stereocenters. The lowest BCUT2D eigenvalue weighted by Gasteiger charge is -2.04. The quantitative estimate of drug-likeness (QED) is 0.671. The van der Waals surface area contributed by atoms with Crippen LogP contribution < -0.4 is 5.73 Å². The lowest BCUT2D eigenvalue weighted by Crippen LogP contribution is -2.01. The van der Waals surface area contributed by atoms with E-state index in [4.69, 9.17) is 10.5 Å². The minimum absolute atomic E-state index is 0.212. The van der Waals surface area contributed by atoms with E-state index in [1.54, 1.807) is 37.5 Å². The number of nitrogen functional groups attached to an aromatic ring is 1. The molecule has 0 spiro atoms. The standard InChI is InChI=1S/C14H15N3O2/c1-2-19-13(18)5-3-4-10-11(15)6-7-12-14(10)17-9-8-16-12/h3-4,6-9H,2,5,15H2,1H3. The Balaban J connectivity index is 2.27. The second-order valence-electron chi connectivity index (χ2n) is 3.90. The van der Waals surface area contributed by atoms with Crippen LogP contribution >= 0.6 is 0 Å². The molecule has 0 saturated heterocycles. The maximum Gasteiger partial charge on any atom is 0.309 e. The molecule has 0 radical (unpaired) electrons. The lowest BCUT2D eigenvalue weighted by atomic mass is 10.1. The van der Waals surface area contributed by atoms with Crippen molar-refractivity contribution in [3.05, 3.63) is 36.2 Å². The van der Waals surface area contributed by atoms with Crippen LogP contribution in [0, 0.1) is 0 Å². The Morgan fingerprint density at radius 2 is 2.16 bits per heavy atom. The van der Waals surface area contributed by atoms with Gasteiger partial charge in [-0.15, -0.1) is 0 Å². The number of nitrogens with zero attached hydrogens (tertiary/aromatic N) is 2. The minimum Gasteiger partial charge on any atom is -0.466 e. The van der Waals surface area contributed by atoms with Crippen molar-refractivity contribution >= 4 is 28.8 Å². The molecule has 0 bridgehead atoms. The van der Waals surface area contributed by atoms with E-state index >= 15 is 0 Å². The summed E-state index contributed by atoms with van der Waals surface area (Å²) in [4.78, 5) is 19.7. The Morgan fingerprint density at radius 3 is 2.95 bits per heavy atom. The molecule has 2 N–H and O–H groups in total. The molecule has 19 heavy (non-hydrogen) atoms. The molecule has 5 heteroatoms. The zero-order valence-corrected chi connectivity index (χ0v) is 10.7. The number of carbonyl (C=O) groups excluding carboxylic acids is 1. The largest absolute Gasteiger partial charge is 0.466 e. The van der Waals surface area contributed by atoms with Crippen LogP contribution in [-0.4, -0.2) is 22.5 Å². The molecular formula is C14H15N3O2. The summed E-state index contributed by atoms with van der Waals surface area (Å²) in [7, 11) is 0. The molecule has 1 aromatic carbocycles. The van der Waals surface area contributed by atoms with Crippen LogP contribution in [0.15, 0.2) is 30.6 Å². The second kappa shape index (κ2) is 5.95. The van der Waals surface area contributed by atoms with Crippen molar-refractivity contribution in [2.75, 3.05) is 12.3 Å². The maximum atomic E-state index is 11.2. The van der Waals surface area contributed by atoms with Crippen molar-refractivity contribution in [1.82, 2.24) is 9.97 Å². The van der Waals surface area contributed by atoms with Gasteiger partial charge < -0.3 is 10.5 Å². The van der Waals surface area contributed by atoms with E-state index in [0.29, 0.717) is 12.3 Å². The molecule has 0 aliphatic heterocycles. The molecule has 5 nitrogen and oxygen atoms in total. The maximum absolute atomic E-state index is 11.2. The normalized spacial score (nSPS) is 11.0. The molecule has 1 heterocycles. The smallest absolute Gasteiger partial charge is 0.309 e. The van der Waals surface area contributed by atoms with Crippen LogP contribution in [0.4, 0.5) is 5.69 Å². The first-order valence-corrected chi connectivity index (χ1v) is 6.03. The topological polar surface area (TPSA) is 78.1 Å². The first-order chi connectivity index (χ1) is 9.22. The van der Waals surface area contributed by atoms with Crippen molar-refractivity contribution < 1.29 is 9.53 Å². The molecule has 0 fully saturated rings. The zero-order valence-electron chi connectivity index (χ0n) is 10.7. The van der Waals surface area contributed by atoms with Crippen LogP contribution in [0.3, 0.4) is 0 Å². The number of nitrogens with two attached hydrogens (primary N) is 1. The molecule has 2 rings (SSSR count). The van der Waals surface area contributed by atoms with Crippen molar-refractivity contribution in [3.63, 3.8) is 0 Å². The van der Waals surface area contributed by atoms with Gasteiger partial charge in [0, 0.05) is 23.6 Å². The molecule has 0 saturated carbocycles. The van der Waals surface area contributed by atoms with E-state index in [1.165, 1.54) is 0 Å². The van der Waals surface area contributed by atoms with Gasteiger partial charge in [0.1, 0.15) is 0 Å². The summed E-state index contributed by atoms with van der Waals surface area (Å²) in [6.07, 6.45) is 6.96. The van der Waals surface area contributed by atoms with Gasteiger partial charge in [-0.05, 0) is 19.1 Å². The number of hydrogen-bond donors (Lipinski definition) is 1. The number of rotatable bonds is 4. The molecule has 1 aromatic heterocycles. The van der Waals surface area contributed by atoms with Gasteiger partial charge in [-0.25, -0.2) is 0 Å². The number of anilines is 1. The van der Waals surface area contributed by atoms with E-state index in [9.17, 15) is 4.79 Å². The van der Waals surface area contributed by atoms with E-state index in [1.807, 2.05) is 6.07 Å². The first-order valence-electron chi connectivity index (χ1n) is 6.03. The summed E-state index contributed by atoms with van der Waals surface area (Å²) < 4.78 is 4.85. The van der Waals surface area contributed by atoms with Crippen LogP contribution in [0.1, 0.15) is 18.9 Å². The first kappa shape index (κ1) is 13.0. The number of fused-ring (bicyclic) bond motifs is 1. The molecule has 0 amide bonds. The molecule has 2 aromatic rings. The highest BCUT2D eigenvalue weighted by atomic mass is 16.5. The van der Waals surface area contributed by atoms with Gasteiger partial charge in [0.2, 0.25) is 0 Å². The number of aromatic nitrogens is 2. The fraction of sp³-hybridized carbons (Fsp3) is 0.214. The van der Waals surface area contributed by atoms with E-state index < -0.39 is 0 Å². The highest BCUT2D eigenvalue weighted by molar-refractivity contribution is 5.90. The van der Waals surface area contributed by atoms with E-state index in [0.717, 1.165) is 16.6 Å². The predicted molar refractivity (Wildman–Crippen MR) is 74.2 cm³/mol. The Morgan fingerprint density at radius 1 is 1.37 bits per heavy atom. The van der Waals surface area contributed by atoms with Crippen molar-refractivity contribution in [2.24, 2.45) is 0 Å². The van der Waals surface area contributed by atoms with E-state index in [-0.39, 0.29) is 12.4 Å². The van der Waals surface area contributed by atoms with Crippen LogP contribution in [0.2, 0.25) is 0 Å². The van der Waals surface area contributed by atoms with Gasteiger partial charge in [0.05, 0.1) is 24.1 Å². The summed E-state index contributed by atoms with van der Waals surface area (Å²) in [5.74, 6) is -0.261. The van der Waals surface area contributed by atoms with Gasteiger partial charge in [0.15, 0.2) is 0 Å². The lowest BCUT2D eigenvalue weighted by molar-refractivity contribution is -0.142. The van der Waals surface area contributed by atoms with Crippen LogP contribution in [0.25, 0.3) is 17.1 Å². The Bertz CT molecular complexity index is 623. The number of hydrogen-bond acceptors (Lipinski definition) is 5. The highest BCUT2D eigenvalue weighted by Crippen LogP contribution is 2.22. The fourth-order valence-corrected chi connectivity index (χ4v) is 1.74. The second-order valence-corrected chi connectivity index (χ2v) is 3.90. The van der Waals surface area contributed by atoms with E-state index in [2.05, 4.69) is 9.97 Å². The van der Waals surface area contributed by atoms with Gasteiger partial charge in [0.25, 0.3) is 0 Å². The van der Waals surface area contributed by atoms with Gasteiger partial charge >= 0.3 is 5.97 Å². The number of esters is 1. The van der Waals surface area contributed by atoms with Crippen LogP contribution in [0.5, 0.6) is 0 Å². The van der Waals surface area contributed by atoms with Gasteiger partial charge in [-0.2, -0.15) is 0 Å². The summed E-state index contributed by atoms with van der Waals surface area (Å²) in [5.41, 5.74) is 8.80. The number of benzene rings is 1. The Hall–Kier alpha value is -2.43. The van der Waals surface area contributed by atoms with Crippen molar-refractivity contribution in [1.29, 1.82) is 0 Å². The molecular weight excluding hydrogens is 242 g/mol. The Kier molecular flexibility index (Phi) is 4.07. The van der Waals surface area contributed by atoms with Gasteiger partial charge in [-0.3, -0.25) is 14.8 Å². The number of carbonyl (C=O) groups is 1. The minimum atomic E-state index is -0.261. The van der Waals surface area contributed by atoms with Gasteiger partial charge in [-0.1, -0.05) is 12.2 Å². The van der Waals surface area contributed by atoms with Crippen LogP contribution in [-0.2, 0) is 9.53 Å². The highest BCUT2D eigenvalue weighted by Gasteiger charge is 2.04. The monoisotopic (exact) mass is 257 g/mol. The molecule has 98 valence electrons. The third-order valence-electron chi connectivity index (χ3n) is 2.59. The SMILES string of the molecule is CCOC(=O)CC=Cc1c(N)ccc2nccnc12.